The van der Waals surface area contributed by atoms with Crippen molar-refractivity contribution in [1.82, 2.24) is 0 Å². The lowest BCUT2D eigenvalue weighted by molar-refractivity contribution is 0.0454. The normalized spacial score (nSPS) is 47.6. The standard InChI is InChI=1S/C5H9ClO2/c6-3-1-2-4(7)5(3)8/h3-5,7-8H,1-2H2. The number of halogens is 1. The molecule has 3 heteroatoms. The van der Waals surface area contributed by atoms with Gasteiger partial charge in [-0.2, -0.15) is 0 Å². The Morgan fingerprint density at radius 2 is 1.88 bits per heavy atom. The molecule has 1 aliphatic rings. The monoisotopic (exact) mass is 136 g/mol. The van der Waals surface area contributed by atoms with Crippen molar-refractivity contribution in [2.75, 3.05) is 0 Å². The van der Waals surface area contributed by atoms with E-state index in [1.807, 2.05) is 0 Å². The summed E-state index contributed by atoms with van der Waals surface area (Å²) >= 11 is 5.55. The summed E-state index contributed by atoms with van der Waals surface area (Å²) in [5.41, 5.74) is 0. The van der Waals surface area contributed by atoms with E-state index in [1.54, 1.807) is 0 Å². The fraction of sp³-hybridized carbons (Fsp3) is 1.00. The van der Waals surface area contributed by atoms with Crippen LogP contribution in [0.3, 0.4) is 0 Å². The summed E-state index contributed by atoms with van der Waals surface area (Å²) in [6, 6.07) is 0. The molecular weight excluding hydrogens is 128 g/mol. The van der Waals surface area contributed by atoms with Crippen molar-refractivity contribution in [3.8, 4) is 0 Å². The van der Waals surface area contributed by atoms with Gasteiger partial charge in [-0.3, -0.25) is 0 Å². The van der Waals surface area contributed by atoms with Gasteiger partial charge in [0.1, 0.15) is 0 Å². The molecule has 1 saturated carbocycles. The van der Waals surface area contributed by atoms with Gasteiger partial charge in [0.2, 0.25) is 0 Å². The van der Waals surface area contributed by atoms with Crippen LogP contribution in [0.5, 0.6) is 0 Å². The molecule has 0 aliphatic heterocycles. The fourth-order valence-corrected chi connectivity index (χ4v) is 1.21. The van der Waals surface area contributed by atoms with E-state index in [4.69, 9.17) is 21.8 Å². The summed E-state index contributed by atoms with van der Waals surface area (Å²) in [4.78, 5) is 0. The first-order chi connectivity index (χ1) is 3.72. The summed E-state index contributed by atoms with van der Waals surface area (Å²) in [7, 11) is 0. The predicted octanol–water partition coefficient (Wildman–Crippen LogP) is 0.109. The second-order valence-corrected chi connectivity index (χ2v) is 2.71. The lowest BCUT2D eigenvalue weighted by Crippen LogP contribution is -2.24. The Kier molecular flexibility index (Phi) is 1.75. The highest BCUT2D eigenvalue weighted by molar-refractivity contribution is 6.21. The number of aliphatic hydroxyl groups is 2. The van der Waals surface area contributed by atoms with Gasteiger partial charge in [0.15, 0.2) is 0 Å². The maximum Gasteiger partial charge on any atom is 0.0962 e. The summed E-state index contributed by atoms with van der Waals surface area (Å²) in [6.45, 7) is 0. The molecular formula is C5H9ClO2. The van der Waals surface area contributed by atoms with Gasteiger partial charge < -0.3 is 10.2 Å². The van der Waals surface area contributed by atoms with Gasteiger partial charge in [0.05, 0.1) is 17.6 Å². The van der Waals surface area contributed by atoms with Crippen molar-refractivity contribution in [3.05, 3.63) is 0 Å². The molecule has 1 aliphatic carbocycles. The lowest BCUT2D eigenvalue weighted by atomic mass is 10.3. The highest BCUT2D eigenvalue weighted by Gasteiger charge is 2.31. The van der Waals surface area contributed by atoms with Crippen molar-refractivity contribution < 1.29 is 10.2 Å². The molecule has 0 saturated heterocycles. The minimum atomic E-state index is -0.698. The van der Waals surface area contributed by atoms with Crippen LogP contribution in [0.1, 0.15) is 12.8 Å². The zero-order chi connectivity index (χ0) is 6.15. The summed E-state index contributed by atoms with van der Waals surface area (Å²) in [5.74, 6) is 0. The van der Waals surface area contributed by atoms with Gasteiger partial charge in [0.25, 0.3) is 0 Å². The average Bonchev–Trinajstić information content (AvgIpc) is 1.98. The Morgan fingerprint density at radius 1 is 1.25 bits per heavy atom. The van der Waals surface area contributed by atoms with Crippen LogP contribution in [0, 0.1) is 0 Å². The topological polar surface area (TPSA) is 40.5 Å². The van der Waals surface area contributed by atoms with Crippen molar-refractivity contribution >= 4 is 11.6 Å². The van der Waals surface area contributed by atoms with E-state index < -0.39 is 12.2 Å². The molecule has 0 aromatic heterocycles. The zero-order valence-electron chi connectivity index (χ0n) is 4.42. The van der Waals surface area contributed by atoms with Crippen LogP contribution in [-0.2, 0) is 0 Å². The third-order valence-corrected chi connectivity index (χ3v) is 1.98. The molecule has 0 heterocycles. The number of aliphatic hydroxyl groups excluding tert-OH is 2. The van der Waals surface area contributed by atoms with E-state index >= 15 is 0 Å². The summed E-state index contributed by atoms with van der Waals surface area (Å²) in [5, 5.41) is 17.5. The second kappa shape index (κ2) is 2.21. The average molecular weight is 137 g/mol. The van der Waals surface area contributed by atoms with Crippen LogP contribution >= 0.6 is 11.6 Å². The third kappa shape index (κ3) is 0.966. The molecule has 3 atom stereocenters. The molecule has 0 spiro atoms. The van der Waals surface area contributed by atoms with Gasteiger partial charge in [-0.25, -0.2) is 0 Å². The van der Waals surface area contributed by atoms with E-state index in [2.05, 4.69) is 0 Å². The van der Waals surface area contributed by atoms with E-state index in [-0.39, 0.29) is 5.38 Å². The maximum absolute atomic E-state index is 8.88. The van der Waals surface area contributed by atoms with E-state index in [0.29, 0.717) is 6.42 Å². The Morgan fingerprint density at radius 3 is 2.00 bits per heavy atom. The molecule has 2 nitrogen and oxygen atoms in total. The smallest absolute Gasteiger partial charge is 0.0962 e. The van der Waals surface area contributed by atoms with Crippen molar-refractivity contribution in [1.29, 1.82) is 0 Å². The Hall–Kier alpha value is 0.210. The van der Waals surface area contributed by atoms with Gasteiger partial charge in [-0.15, -0.1) is 11.6 Å². The molecule has 0 aromatic carbocycles. The third-order valence-electron chi connectivity index (χ3n) is 1.50. The van der Waals surface area contributed by atoms with Crippen LogP contribution in [0.15, 0.2) is 0 Å². The number of hydrogen-bond donors (Lipinski definition) is 2. The quantitative estimate of drug-likeness (QED) is 0.464. The minimum Gasteiger partial charge on any atom is -0.390 e. The largest absolute Gasteiger partial charge is 0.390 e. The van der Waals surface area contributed by atoms with Crippen molar-refractivity contribution in [3.63, 3.8) is 0 Å². The van der Waals surface area contributed by atoms with Gasteiger partial charge in [-0.1, -0.05) is 0 Å². The minimum absolute atomic E-state index is 0.231. The lowest BCUT2D eigenvalue weighted by Gasteiger charge is -2.07. The van der Waals surface area contributed by atoms with E-state index in [1.165, 1.54) is 0 Å². The molecule has 1 fully saturated rings. The number of rotatable bonds is 0. The molecule has 0 bridgehead atoms. The van der Waals surface area contributed by atoms with Crippen LogP contribution in [0.25, 0.3) is 0 Å². The van der Waals surface area contributed by atoms with Crippen LogP contribution < -0.4 is 0 Å². The van der Waals surface area contributed by atoms with E-state index in [0.717, 1.165) is 6.42 Å². The van der Waals surface area contributed by atoms with Crippen molar-refractivity contribution in [2.45, 2.75) is 30.4 Å². The predicted molar refractivity (Wildman–Crippen MR) is 30.9 cm³/mol. The van der Waals surface area contributed by atoms with Crippen LogP contribution in [0.4, 0.5) is 0 Å². The first-order valence-electron chi connectivity index (χ1n) is 2.72. The molecule has 0 aromatic rings. The number of alkyl halides is 1. The fourth-order valence-electron chi connectivity index (χ4n) is 0.913. The summed E-state index contributed by atoms with van der Waals surface area (Å²) in [6.07, 6.45) is 0.0772. The van der Waals surface area contributed by atoms with Gasteiger partial charge in [0, 0.05) is 0 Å². The Balaban J connectivity index is 2.44. The molecule has 0 amide bonds. The highest BCUT2D eigenvalue weighted by atomic mass is 35.5. The van der Waals surface area contributed by atoms with Gasteiger partial charge in [-0.05, 0) is 12.8 Å². The molecule has 1 rings (SSSR count). The number of hydrogen-bond acceptors (Lipinski definition) is 2. The molecule has 2 N–H and O–H groups in total. The van der Waals surface area contributed by atoms with Gasteiger partial charge >= 0.3 is 0 Å². The molecule has 0 radical (unpaired) electrons. The molecule has 8 heavy (non-hydrogen) atoms. The first-order valence-corrected chi connectivity index (χ1v) is 3.15. The zero-order valence-corrected chi connectivity index (χ0v) is 5.17. The van der Waals surface area contributed by atoms with Crippen LogP contribution in [-0.4, -0.2) is 27.8 Å². The second-order valence-electron chi connectivity index (χ2n) is 2.15. The first kappa shape index (κ1) is 6.33. The maximum atomic E-state index is 8.88. The Bertz CT molecular complexity index is 76.5. The Labute approximate surface area is 53.1 Å². The molecule has 48 valence electrons. The van der Waals surface area contributed by atoms with Crippen molar-refractivity contribution in [2.24, 2.45) is 0 Å². The van der Waals surface area contributed by atoms with Crippen LogP contribution in [0.2, 0.25) is 0 Å². The SMILES string of the molecule is OC1CCC(Cl)C1O. The summed E-state index contributed by atoms with van der Waals surface area (Å²) < 4.78 is 0. The highest BCUT2D eigenvalue weighted by Crippen LogP contribution is 2.23. The molecule has 3 unspecified atom stereocenters. The van der Waals surface area contributed by atoms with E-state index in [9.17, 15) is 0 Å².